The Morgan fingerprint density at radius 2 is 1.90 bits per heavy atom. The smallest absolute Gasteiger partial charge is 0.0228 e. The summed E-state index contributed by atoms with van der Waals surface area (Å²) in [5.74, 6) is 0.664. The first-order valence-corrected chi connectivity index (χ1v) is 4.05. The van der Waals surface area contributed by atoms with Gasteiger partial charge in [-0.25, -0.2) is 0 Å². The van der Waals surface area contributed by atoms with E-state index in [0.717, 1.165) is 6.42 Å². The molecule has 0 rings (SSSR count). The Bertz CT molecular complexity index is 80.0. The van der Waals surface area contributed by atoms with Crippen LogP contribution in [0.3, 0.4) is 0 Å². The minimum atomic E-state index is 0.664. The van der Waals surface area contributed by atoms with Gasteiger partial charge >= 0.3 is 0 Å². The van der Waals surface area contributed by atoms with Gasteiger partial charge in [0.1, 0.15) is 0 Å². The third-order valence-corrected chi connectivity index (χ3v) is 1.06. The predicted octanol–water partition coefficient (Wildman–Crippen LogP) is 3.80. The summed E-state index contributed by atoms with van der Waals surface area (Å²) in [6.45, 7) is 11.9. The van der Waals surface area contributed by atoms with Crippen LogP contribution >= 0.6 is 0 Å². The highest BCUT2D eigenvalue weighted by molar-refractivity contribution is 4.86. The maximum atomic E-state index is 3.65. The van der Waals surface area contributed by atoms with Crippen LogP contribution in [0, 0.1) is 5.92 Å². The normalized spacial score (nSPS) is 12.0. The molecule has 60 valence electrons. The molecule has 1 unspecified atom stereocenters. The monoisotopic (exact) mass is 140 g/mol. The minimum Gasteiger partial charge on any atom is -0.103 e. The van der Waals surface area contributed by atoms with Crippen LogP contribution in [0.25, 0.3) is 0 Å². The lowest BCUT2D eigenvalue weighted by atomic mass is 10.1. The number of rotatable bonds is 3. The fourth-order valence-corrected chi connectivity index (χ4v) is 0.670. The van der Waals surface area contributed by atoms with Crippen molar-refractivity contribution in [1.82, 2.24) is 0 Å². The molecular formula is C10H20. The van der Waals surface area contributed by atoms with Gasteiger partial charge in [-0.05, 0) is 19.3 Å². The molecule has 0 saturated heterocycles. The van der Waals surface area contributed by atoms with Gasteiger partial charge in [0.25, 0.3) is 0 Å². The summed E-state index contributed by atoms with van der Waals surface area (Å²) in [5, 5.41) is 0. The summed E-state index contributed by atoms with van der Waals surface area (Å²) >= 11 is 0. The van der Waals surface area contributed by atoms with Gasteiger partial charge in [0.15, 0.2) is 0 Å². The molecule has 0 radical (unpaired) electrons. The van der Waals surface area contributed by atoms with E-state index >= 15 is 0 Å². The second-order valence-corrected chi connectivity index (χ2v) is 2.03. The predicted molar refractivity (Wildman–Crippen MR) is 50.1 cm³/mol. The summed E-state index contributed by atoms with van der Waals surface area (Å²) in [6, 6.07) is 0. The summed E-state index contributed by atoms with van der Waals surface area (Å²) in [7, 11) is 0. The van der Waals surface area contributed by atoms with Crippen LogP contribution in [0.5, 0.6) is 0 Å². The van der Waals surface area contributed by atoms with Crippen molar-refractivity contribution in [2.24, 2.45) is 5.92 Å². The van der Waals surface area contributed by atoms with Crippen LogP contribution in [0.4, 0.5) is 0 Å². The molecule has 0 aromatic heterocycles. The minimum absolute atomic E-state index is 0.664. The zero-order valence-corrected chi connectivity index (χ0v) is 7.72. The lowest BCUT2D eigenvalue weighted by molar-refractivity contribution is 0.744. The molecule has 1 atom stereocenters. The van der Waals surface area contributed by atoms with Gasteiger partial charge in [-0.15, -0.1) is 6.58 Å². The van der Waals surface area contributed by atoms with Crippen molar-refractivity contribution in [2.45, 2.75) is 34.1 Å². The van der Waals surface area contributed by atoms with Crippen LogP contribution in [0.1, 0.15) is 34.1 Å². The van der Waals surface area contributed by atoms with Gasteiger partial charge in [-0.2, -0.15) is 0 Å². The van der Waals surface area contributed by atoms with Crippen molar-refractivity contribution in [2.75, 3.05) is 0 Å². The zero-order valence-electron chi connectivity index (χ0n) is 7.72. The number of hydrogen-bond acceptors (Lipinski definition) is 0. The Hall–Kier alpha value is -0.520. The van der Waals surface area contributed by atoms with E-state index in [-0.39, 0.29) is 0 Å². The van der Waals surface area contributed by atoms with E-state index in [1.54, 1.807) is 0 Å². The van der Waals surface area contributed by atoms with Gasteiger partial charge in [-0.3, -0.25) is 0 Å². The van der Waals surface area contributed by atoms with E-state index in [2.05, 4.69) is 25.7 Å². The summed E-state index contributed by atoms with van der Waals surface area (Å²) in [5.41, 5.74) is 0. The molecular weight excluding hydrogens is 120 g/mol. The van der Waals surface area contributed by atoms with Crippen LogP contribution in [0.2, 0.25) is 0 Å². The van der Waals surface area contributed by atoms with Crippen molar-refractivity contribution in [3.63, 3.8) is 0 Å². The SMILES string of the molecule is C=CCC(C)/C=C/C.CC. The topological polar surface area (TPSA) is 0 Å². The summed E-state index contributed by atoms with van der Waals surface area (Å²) < 4.78 is 0. The molecule has 0 aliphatic rings. The molecule has 0 saturated carbocycles. The van der Waals surface area contributed by atoms with Gasteiger partial charge in [0.2, 0.25) is 0 Å². The molecule has 0 aromatic carbocycles. The van der Waals surface area contributed by atoms with Crippen molar-refractivity contribution in [3.8, 4) is 0 Å². The Morgan fingerprint density at radius 1 is 1.40 bits per heavy atom. The lowest BCUT2D eigenvalue weighted by Crippen LogP contribution is -1.83. The van der Waals surface area contributed by atoms with Crippen LogP contribution < -0.4 is 0 Å². The quantitative estimate of drug-likeness (QED) is 0.523. The van der Waals surface area contributed by atoms with Crippen LogP contribution in [0.15, 0.2) is 24.8 Å². The average Bonchev–Trinajstić information content (AvgIpc) is 1.93. The molecule has 0 aliphatic carbocycles. The molecule has 0 nitrogen and oxygen atoms in total. The van der Waals surface area contributed by atoms with Crippen LogP contribution in [-0.2, 0) is 0 Å². The fourth-order valence-electron chi connectivity index (χ4n) is 0.670. The number of hydrogen-bond donors (Lipinski definition) is 0. The second-order valence-electron chi connectivity index (χ2n) is 2.03. The molecule has 0 aliphatic heterocycles. The molecule has 0 heterocycles. The molecule has 10 heavy (non-hydrogen) atoms. The lowest BCUT2D eigenvalue weighted by Gasteiger charge is -1.97. The summed E-state index contributed by atoms with van der Waals surface area (Å²) in [6.07, 6.45) is 7.30. The van der Waals surface area contributed by atoms with Gasteiger partial charge in [-0.1, -0.05) is 39.0 Å². The van der Waals surface area contributed by atoms with Gasteiger partial charge in [0, 0.05) is 0 Å². The molecule has 0 bridgehead atoms. The van der Waals surface area contributed by atoms with Crippen molar-refractivity contribution in [3.05, 3.63) is 24.8 Å². The molecule has 0 fully saturated rings. The molecule has 0 N–H and O–H groups in total. The maximum absolute atomic E-state index is 3.65. The number of allylic oxidation sites excluding steroid dienone is 3. The Morgan fingerprint density at radius 3 is 2.20 bits per heavy atom. The summed E-state index contributed by atoms with van der Waals surface area (Å²) in [4.78, 5) is 0. The fraction of sp³-hybridized carbons (Fsp3) is 0.600. The standard InChI is InChI=1S/C8H14.C2H6/c1-4-6-8(3)7-5-2;1-2/h4-5,7-8H,1,6H2,2-3H3;1-2H3/b7-5+;. The molecule has 0 spiro atoms. The van der Waals surface area contributed by atoms with Gasteiger partial charge in [0.05, 0.1) is 0 Å². The Labute approximate surface area is 65.7 Å². The molecule has 0 aromatic rings. The molecule has 0 heteroatoms. The maximum Gasteiger partial charge on any atom is -0.0228 e. The van der Waals surface area contributed by atoms with Crippen molar-refractivity contribution >= 4 is 0 Å². The Kier molecular flexibility index (Phi) is 13.8. The Balaban J connectivity index is 0. The largest absolute Gasteiger partial charge is 0.103 e. The van der Waals surface area contributed by atoms with E-state index in [0.29, 0.717) is 5.92 Å². The van der Waals surface area contributed by atoms with E-state index in [1.807, 2.05) is 26.8 Å². The first-order chi connectivity index (χ1) is 4.81. The first kappa shape index (κ1) is 12.2. The third kappa shape index (κ3) is 10.5. The zero-order chi connectivity index (χ0) is 8.41. The van der Waals surface area contributed by atoms with E-state index < -0.39 is 0 Å². The van der Waals surface area contributed by atoms with E-state index in [4.69, 9.17) is 0 Å². The average molecular weight is 140 g/mol. The third-order valence-electron chi connectivity index (χ3n) is 1.06. The van der Waals surface area contributed by atoms with Crippen molar-refractivity contribution < 1.29 is 0 Å². The van der Waals surface area contributed by atoms with Crippen LogP contribution in [-0.4, -0.2) is 0 Å². The second kappa shape index (κ2) is 11.3. The van der Waals surface area contributed by atoms with E-state index in [1.165, 1.54) is 0 Å². The highest BCUT2D eigenvalue weighted by atomic mass is 13.9. The molecule has 0 amide bonds. The first-order valence-electron chi connectivity index (χ1n) is 4.05. The van der Waals surface area contributed by atoms with Crippen molar-refractivity contribution in [1.29, 1.82) is 0 Å². The van der Waals surface area contributed by atoms with Gasteiger partial charge < -0.3 is 0 Å². The highest BCUT2D eigenvalue weighted by Gasteiger charge is 1.88. The highest BCUT2D eigenvalue weighted by Crippen LogP contribution is 2.02. The van der Waals surface area contributed by atoms with E-state index in [9.17, 15) is 0 Å².